The van der Waals surface area contributed by atoms with Crippen molar-refractivity contribution in [3.63, 3.8) is 0 Å². The minimum Gasteiger partial charge on any atom is -0.495 e. The molecule has 1 fully saturated rings. The Balaban J connectivity index is 1.17. The number of rotatable bonds is 9. The summed E-state index contributed by atoms with van der Waals surface area (Å²) in [6, 6.07) is 18.7. The van der Waals surface area contributed by atoms with Crippen molar-refractivity contribution in [3.8, 4) is 5.75 Å². The molecule has 0 spiro atoms. The highest BCUT2D eigenvalue weighted by atomic mass is 32.1. The summed E-state index contributed by atoms with van der Waals surface area (Å²) in [6.45, 7) is 5.47. The third kappa shape index (κ3) is 6.97. The number of benzene rings is 2. The Morgan fingerprint density at radius 1 is 0.971 bits per heavy atom. The van der Waals surface area contributed by atoms with Gasteiger partial charge in [0, 0.05) is 55.4 Å². The molecule has 1 saturated heterocycles. The maximum Gasteiger partial charge on any atom is 0.319 e. The van der Waals surface area contributed by atoms with Crippen molar-refractivity contribution >= 4 is 34.6 Å². The Kier molecular flexibility index (Phi) is 8.58. The van der Waals surface area contributed by atoms with E-state index < -0.39 is 0 Å². The van der Waals surface area contributed by atoms with Gasteiger partial charge in [-0.2, -0.15) is 0 Å². The number of anilines is 2. The second-order valence-corrected chi connectivity index (χ2v) is 9.26. The molecule has 4 rings (SSSR count). The van der Waals surface area contributed by atoms with E-state index in [9.17, 15) is 9.59 Å². The van der Waals surface area contributed by atoms with Crippen molar-refractivity contribution in [2.24, 2.45) is 0 Å². The SMILES string of the molecule is COc1ccccc1N1CCN(CCNC(=O)Nc2cccc(C(=O)NCc3cccs3)c2)CC1. The first-order chi connectivity index (χ1) is 17.1. The van der Waals surface area contributed by atoms with Crippen LogP contribution in [0, 0.1) is 0 Å². The number of urea groups is 1. The van der Waals surface area contributed by atoms with Gasteiger partial charge >= 0.3 is 6.03 Å². The molecular formula is C26H31N5O3S. The molecule has 3 aromatic rings. The van der Waals surface area contributed by atoms with Gasteiger partial charge in [0.05, 0.1) is 19.3 Å². The van der Waals surface area contributed by atoms with Crippen LogP contribution in [0.4, 0.5) is 16.2 Å². The highest BCUT2D eigenvalue weighted by Gasteiger charge is 2.19. The van der Waals surface area contributed by atoms with Crippen molar-refractivity contribution in [1.82, 2.24) is 15.5 Å². The predicted octanol–water partition coefficient (Wildman–Crippen LogP) is 3.63. The summed E-state index contributed by atoms with van der Waals surface area (Å²) in [5.74, 6) is 0.720. The summed E-state index contributed by atoms with van der Waals surface area (Å²) in [5, 5.41) is 10.6. The molecule has 3 amide bonds. The standard InChI is InChI=1S/C26H31N5O3S/c1-34-24-10-3-2-9-23(24)31-15-13-30(14-16-31)12-11-27-26(33)29-21-7-4-6-20(18-21)25(32)28-19-22-8-5-17-35-22/h2-10,17-18H,11-16,19H2,1H3,(H,28,32)(H2,27,29,33). The van der Waals surface area contributed by atoms with E-state index in [1.54, 1.807) is 42.7 Å². The molecule has 0 unspecified atom stereocenters. The molecule has 0 saturated carbocycles. The number of thiophene rings is 1. The lowest BCUT2D eigenvalue weighted by molar-refractivity contribution is 0.0951. The summed E-state index contributed by atoms with van der Waals surface area (Å²) < 4.78 is 5.48. The molecule has 2 aromatic carbocycles. The summed E-state index contributed by atoms with van der Waals surface area (Å²) in [5.41, 5.74) is 2.21. The third-order valence-electron chi connectivity index (χ3n) is 5.90. The number of hydrogen-bond donors (Lipinski definition) is 3. The van der Waals surface area contributed by atoms with Crippen LogP contribution in [0.2, 0.25) is 0 Å². The van der Waals surface area contributed by atoms with E-state index in [0.717, 1.165) is 49.0 Å². The average Bonchev–Trinajstić information content (AvgIpc) is 3.41. The largest absolute Gasteiger partial charge is 0.495 e. The molecule has 0 radical (unpaired) electrons. The average molecular weight is 494 g/mol. The van der Waals surface area contributed by atoms with Gasteiger partial charge in [0.25, 0.3) is 5.91 Å². The molecule has 3 N–H and O–H groups in total. The summed E-state index contributed by atoms with van der Waals surface area (Å²) in [6.07, 6.45) is 0. The summed E-state index contributed by atoms with van der Waals surface area (Å²) in [7, 11) is 1.70. The zero-order chi connectivity index (χ0) is 24.5. The fourth-order valence-corrected chi connectivity index (χ4v) is 4.67. The van der Waals surface area contributed by atoms with Gasteiger partial charge in [-0.1, -0.05) is 24.3 Å². The Labute approximate surface area is 209 Å². The zero-order valence-corrected chi connectivity index (χ0v) is 20.6. The van der Waals surface area contributed by atoms with Crippen LogP contribution in [0.5, 0.6) is 5.75 Å². The first-order valence-electron chi connectivity index (χ1n) is 11.7. The van der Waals surface area contributed by atoms with Crippen LogP contribution in [-0.2, 0) is 6.54 Å². The molecule has 0 aliphatic carbocycles. The van der Waals surface area contributed by atoms with E-state index in [0.29, 0.717) is 24.3 Å². The van der Waals surface area contributed by atoms with Gasteiger partial charge < -0.3 is 25.6 Å². The van der Waals surface area contributed by atoms with Gasteiger partial charge in [-0.05, 0) is 41.8 Å². The lowest BCUT2D eigenvalue weighted by Gasteiger charge is -2.36. The second kappa shape index (κ2) is 12.2. The first-order valence-corrected chi connectivity index (χ1v) is 12.6. The van der Waals surface area contributed by atoms with E-state index in [-0.39, 0.29) is 11.9 Å². The number of hydrogen-bond acceptors (Lipinski definition) is 6. The number of carbonyl (C=O) groups excluding carboxylic acids is 2. The molecule has 0 atom stereocenters. The quantitative estimate of drug-likeness (QED) is 0.424. The van der Waals surface area contributed by atoms with Crippen molar-refractivity contribution in [3.05, 3.63) is 76.5 Å². The molecule has 1 aliphatic heterocycles. The van der Waals surface area contributed by atoms with Crippen molar-refractivity contribution < 1.29 is 14.3 Å². The van der Waals surface area contributed by atoms with Gasteiger partial charge in [0.1, 0.15) is 5.75 Å². The molecule has 35 heavy (non-hydrogen) atoms. The number of piperazine rings is 1. The molecule has 9 heteroatoms. The summed E-state index contributed by atoms with van der Waals surface area (Å²) >= 11 is 1.60. The Morgan fingerprint density at radius 2 is 1.80 bits per heavy atom. The van der Waals surface area contributed by atoms with Crippen molar-refractivity contribution in [2.75, 3.05) is 56.6 Å². The maximum atomic E-state index is 12.4. The van der Waals surface area contributed by atoms with E-state index in [1.807, 2.05) is 35.7 Å². The predicted molar refractivity (Wildman–Crippen MR) is 141 cm³/mol. The molecule has 184 valence electrons. The van der Waals surface area contributed by atoms with Gasteiger partial charge in [0.15, 0.2) is 0 Å². The fourth-order valence-electron chi connectivity index (χ4n) is 4.03. The van der Waals surface area contributed by atoms with Crippen LogP contribution >= 0.6 is 11.3 Å². The van der Waals surface area contributed by atoms with E-state index in [1.165, 1.54) is 0 Å². The lowest BCUT2D eigenvalue weighted by Crippen LogP contribution is -2.48. The van der Waals surface area contributed by atoms with Crippen molar-refractivity contribution in [1.29, 1.82) is 0 Å². The number of carbonyl (C=O) groups is 2. The number of amides is 3. The minimum atomic E-state index is -0.284. The van der Waals surface area contributed by atoms with Crippen LogP contribution in [0.25, 0.3) is 0 Å². The molecular weight excluding hydrogens is 462 g/mol. The Morgan fingerprint density at radius 3 is 2.57 bits per heavy atom. The van der Waals surface area contributed by atoms with Crippen LogP contribution in [-0.4, -0.2) is 63.2 Å². The van der Waals surface area contributed by atoms with Crippen LogP contribution in [0.3, 0.4) is 0 Å². The van der Waals surface area contributed by atoms with Crippen molar-refractivity contribution in [2.45, 2.75) is 6.54 Å². The lowest BCUT2D eigenvalue weighted by atomic mass is 10.2. The number of methoxy groups -OCH3 is 1. The van der Waals surface area contributed by atoms with Crippen LogP contribution < -0.4 is 25.6 Å². The molecule has 8 nitrogen and oxygen atoms in total. The molecule has 1 aliphatic rings. The fraction of sp³-hybridized carbons (Fsp3) is 0.308. The Bertz CT molecular complexity index is 1110. The van der Waals surface area contributed by atoms with Gasteiger partial charge in [-0.3, -0.25) is 9.69 Å². The zero-order valence-electron chi connectivity index (χ0n) is 19.8. The summed E-state index contributed by atoms with van der Waals surface area (Å²) in [4.78, 5) is 30.5. The van der Waals surface area contributed by atoms with Gasteiger partial charge in [-0.15, -0.1) is 11.3 Å². The topological polar surface area (TPSA) is 85.9 Å². The first kappa shape index (κ1) is 24.6. The van der Waals surface area contributed by atoms with E-state index >= 15 is 0 Å². The normalized spacial score (nSPS) is 13.8. The molecule has 1 aromatic heterocycles. The maximum absolute atomic E-state index is 12.4. The van der Waals surface area contributed by atoms with E-state index in [2.05, 4.69) is 31.8 Å². The van der Waals surface area contributed by atoms with E-state index in [4.69, 9.17) is 4.74 Å². The molecule has 0 bridgehead atoms. The minimum absolute atomic E-state index is 0.172. The van der Waals surface area contributed by atoms with Gasteiger partial charge in [0.2, 0.25) is 0 Å². The molecule has 2 heterocycles. The highest BCUT2D eigenvalue weighted by Crippen LogP contribution is 2.28. The third-order valence-corrected chi connectivity index (χ3v) is 6.77. The highest BCUT2D eigenvalue weighted by molar-refractivity contribution is 7.09. The second-order valence-electron chi connectivity index (χ2n) is 8.22. The Hall–Kier alpha value is -3.56. The van der Waals surface area contributed by atoms with Crippen LogP contribution in [0.1, 0.15) is 15.2 Å². The number of nitrogens with zero attached hydrogens (tertiary/aromatic N) is 2. The van der Waals surface area contributed by atoms with Crippen LogP contribution in [0.15, 0.2) is 66.0 Å². The number of ether oxygens (including phenoxy) is 1. The van der Waals surface area contributed by atoms with Gasteiger partial charge in [-0.25, -0.2) is 4.79 Å². The monoisotopic (exact) mass is 493 g/mol. The smallest absolute Gasteiger partial charge is 0.319 e. The number of para-hydroxylation sites is 2. The number of nitrogens with one attached hydrogen (secondary N) is 3.